The van der Waals surface area contributed by atoms with E-state index >= 15 is 0 Å². The van der Waals surface area contributed by atoms with Crippen molar-refractivity contribution in [2.24, 2.45) is 0 Å². The van der Waals surface area contributed by atoms with Gasteiger partial charge in [0.1, 0.15) is 0 Å². The van der Waals surface area contributed by atoms with Gasteiger partial charge >= 0.3 is 0 Å². The summed E-state index contributed by atoms with van der Waals surface area (Å²) >= 11 is 0. The highest BCUT2D eigenvalue weighted by Gasteiger charge is 2.48. The number of para-hydroxylation sites is 2. The largest absolute Gasteiger partial charge is 0.309 e. The van der Waals surface area contributed by atoms with Crippen LogP contribution >= 0.6 is 0 Å². The lowest BCUT2D eigenvalue weighted by Crippen LogP contribution is -2.28. The first-order valence-electron chi connectivity index (χ1n) is 25.8. The SMILES string of the molecule is CC1(c2ccccc2)c2ccccc2-c2ccc(-c3ccccc3N(c3ccccc3-c3cccc4cccc(-c5ccccc5)c34)c3cccc4c3-c3ccccc3C4(c3ccccc3)c3ccccc3)cc21. The van der Waals surface area contributed by atoms with Gasteiger partial charge in [-0.3, -0.25) is 0 Å². The Hall–Kier alpha value is -9.30. The molecule has 1 nitrogen and oxygen atoms in total. The van der Waals surface area contributed by atoms with E-state index in [1.807, 2.05) is 0 Å². The first-order valence-corrected chi connectivity index (χ1v) is 25.8. The van der Waals surface area contributed by atoms with E-state index in [0.717, 1.165) is 28.2 Å². The Bertz CT molecular complexity index is 4040. The highest BCUT2D eigenvalue weighted by Crippen LogP contribution is 2.61. The van der Waals surface area contributed by atoms with Crippen molar-refractivity contribution in [1.29, 1.82) is 0 Å². The fourth-order valence-corrected chi connectivity index (χ4v) is 13.0. The van der Waals surface area contributed by atoms with Crippen LogP contribution in [0.3, 0.4) is 0 Å². The van der Waals surface area contributed by atoms with Gasteiger partial charge in [0.15, 0.2) is 0 Å². The van der Waals surface area contributed by atoms with Crippen LogP contribution in [-0.2, 0) is 10.8 Å². The first-order chi connectivity index (χ1) is 36.6. The molecule has 0 spiro atoms. The maximum Gasteiger partial charge on any atom is 0.0714 e. The molecule has 0 aromatic heterocycles. The number of rotatable bonds is 9. The lowest BCUT2D eigenvalue weighted by molar-refractivity contribution is 0.714. The molecule has 74 heavy (non-hydrogen) atoms. The zero-order valence-corrected chi connectivity index (χ0v) is 41.2. The quantitative estimate of drug-likeness (QED) is 0.139. The number of benzene rings is 12. The molecule has 2 aliphatic rings. The molecular formula is C73H51N. The van der Waals surface area contributed by atoms with Gasteiger partial charge in [0, 0.05) is 22.1 Å². The lowest BCUT2D eigenvalue weighted by Gasteiger charge is -2.35. The predicted molar refractivity (Wildman–Crippen MR) is 310 cm³/mol. The van der Waals surface area contributed by atoms with Gasteiger partial charge in [0.05, 0.1) is 22.5 Å². The van der Waals surface area contributed by atoms with Crippen LogP contribution in [0.2, 0.25) is 0 Å². The topological polar surface area (TPSA) is 3.24 Å². The second-order valence-electron chi connectivity index (χ2n) is 20.0. The minimum absolute atomic E-state index is 0.350. The second-order valence-corrected chi connectivity index (χ2v) is 20.0. The minimum atomic E-state index is -0.577. The van der Waals surface area contributed by atoms with E-state index in [1.165, 1.54) is 94.2 Å². The van der Waals surface area contributed by atoms with Gasteiger partial charge in [0.2, 0.25) is 0 Å². The molecule has 0 heterocycles. The molecule has 1 unspecified atom stereocenters. The Morgan fingerprint density at radius 1 is 0.270 bits per heavy atom. The zero-order chi connectivity index (χ0) is 49.2. The van der Waals surface area contributed by atoms with Crippen LogP contribution in [0.5, 0.6) is 0 Å². The number of hydrogen-bond donors (Lipinski definition) is 0. The van der Waals surface area contributed by atoms with E-state index in [4.69, 9.17) is 0 Å². The van der Waals surface area contributed by atoms with Gasteiger partial charge in [0.25, 0.3) is 0 Å². The van der Waals surface area contributed by atoms with E-state index in [0.29, 0.717) is 0 Å². The predicted octanol–water partition coefficient (Wildman–Crippen LogP) is 19.0. The Morgan fingerprint density at radius 2 is 0.730 bits per heavy atom. The van der Waals surface area contributed by atoms with Crippen LogP contribution in [0.15, 0.2) is 291 Å². The molecule has 12 aromatic carbocycles. The molecule has 0 radical (unpaired) electrons. The van der Waals surface area contributed by atoms with Crippen molar-refractivity contribution >= 4 is 27.8 Å². The maximum absolute atomic E-state index is 2.59. The standard InChI is InChI=1S/C73H51N/c1-72(53-29-8-3-9-30-53)63-41-18-14-36-58(63)59-48-47-52(49-66(59)72)56-35-16-20-44-67(56)74(68-45-21-17-37-60(68)61-40-23-28-51-27-22-39-57(70(51)61)50-25-6-2-7-26-50)69-46-24-43-65-71(69)62-38-15-19-42-64(62)73(65,54-31-10-4-11-32-54)55-33-12-5-13-34-55/h2-49H,1H3. The molecule has 348 valence electrons. The highest BCUT2D eigenvalue weighted by molar-refractivity contribution is 6.10. The van der Waals surface area contributed by atoms with Crippen molar-refractivity contribution in [2.75, 3.05) is 4.90 Å². The number of nitrogens with zero attached hydrogens (tertiary/aromatic N) is 1. The molecule has 0 saturated carbocycles. The summed E-state index contributed by atoms with van der Waals surface area (Å²) in [6, 6.07) is 108. The first kappa shape index (κ1) is 43.5. The maximum atomic E-state index is 2.59. The normalized spacial score (nSPS) is 14.7. The molecule has 2 aliphatic carbocycles. The molecule has 0 aliphatic heterocycles. The van der Waals surface area contributed by atoms with Gasteiger partial charge in [-0.05, 0) is 120 Å². The molecule has 0 bridgehead atoms. The van der Waals surface area contributed by atoms with Crippen molar-refractivity contribution in [3.63, 3.8) is 0 Å². The van der Waals surface area contributed by atoms with Crippen molar-refractivity contribution < 1.29 is 0 Å². The second kappa shape index (κ2) is 17.5. The fraction of sp³-hybridized carbons (Fsp3) is 0.0411. The van der Waals surface area contributed by atoms with E-state index in [-0.39, 0.29) is 5.41 Å². The molecule has 0 amide bonds. The Labute approximate surface area is 434 Å². The molecule has 1 atom stereocenters. The average molecular weight is 942 g/mol. The number of hydrogen-bond acceptors (Lipinski definition) is 1. The van der Waals surface area contributed by atoms with Crippen LogP contribution < -0.4 is 4.90 Å². The van der Waals surface area contributed by atoms with Crippen LogP contribution in [0.1, 0.15) is 45.9 Å². The number of anilines is 3. The lowest BCUT2D eigenvalue weighted by atomic mass is 9.68. The van der Waals surface area contributed by atoms with Gasteiger partial charge in [-0.1, -0.05) is 267 Å². The van der Waals surface area contributed by atoms with Gasteiger partial charge in [-0.25, -0.2) is 0 Å². The van der Waals surface area contributed by atoms with Crippen molar-refractivity contribution in [3.05, 3.63) is 330 Å². The summed E-state index contributed by atoms with van der Waals surface area (Å²) in [5, 5.41) is 2.44. The molecule has 0 saturated heterocycles. The van der Waals surface area contributed by atoms with Crippen LogP contribution in [0, 0.1) is 0 Å². The Kier molecular flexibility index (Phi) is 10.3. The summed E-state index contributed by atoms with van der Waals surface area (Å²) in [5.74, 6) is 0. The number of fused-ring (bicyclic) bond motifs is 7. The summed E-state index contributed by atoms with van der Waals surface area (Å²) in [6.45, 7) is 2.41. The van der Waals surface area contributed by atoms with E-state index in [2.05, 4.69) is 303 Å². The highest BCUT2D eigenvalue weighted by atomic mass is 15.2. The van der Waals surface area contributed by atoms with Crippen LogP contribution in [-0.4, -0.2) is 0 Å². The third-order valence-electron chi connectivity index (χ3n) is 16.2. The Balaban J connectivity index is 1.07. The third kappa shape index (κ3) is 6.50. The summed E-state index contributed by atoms with van der Waals surface area (Å²) in [7, 11) is 0. The molecule has 12 aromatic rings. The average Bonchev–Trinajstić information content (AvgIpc) is 4.03. The van der Waals surface area contributed by atoms with Gasteiger partial charge in [-0.15, -0.1) is 0 Å². The Morgan fingerprint density at radius 3 is 1.41 bits per heavy atom. The minimum Gasteiger partial charge on any atom is -0.309 e. The van der Waals surface area contributed by atoms with Crippen molar-refractivity contribution in [3.8, 4) is 55.6 Å². The smallest absolute Gasteiger partial charge is 0.0714 e. The molecule has 0 fully saturated rings. The summed E-state index contributed by atoms with van der Waals surface area (Å²) in [6.07, 6.45) is 0. The zero-order valence-electron chi connectivity index (χ0n) is 41.2. The molecule has 1 heteroatoms. The summed E-state index contributed by atoms with van der Waals surface area (Å²) in [5.41, 5.74) is 23.5. The van der Waals surface area contributed by atoms with Gasteiger partial charge < -0.3 is 4.90 Å². The van der Waals surface area contributed by atoms with Crippen LogP contribution in [0.25, 0.3) is 66.4 Å². The third-order valence-corrected chi connectivity index (χ3v) is 16.2. The summed E-state index contributed by atoms with van der Waals surface area (Å²) < 4.78 is 0. The monoisotopic (exact) mass is 941 g/mol. The van der Waals surface area contributed by atoms with E-state index < -0.39 is 5.41 Å². The van der Waals surface area contributed by atoms with E-state index in [9.17, 15) is 0 Å². The molecule has 0 N–H and O–H groups in total. The van der Waals surface area contributed by atoms with Crippen molar-refractivity contribution in [1.82, 2.24) is 0 Å². The molecular weight excluding hydrogens is 891 g/mol. The molecule has 14 rings (SSSR count). The fourth-order valence-electron chi connectivity index (χ4n) is 13.0. The van der Waals surface area contributed by atoms with Gasteiger partial charge in [-0.2, -0.15) is 0 Å². The van der Waals surface area contributed by atoms with Crippen LogP contribution in [0.4, 0.5) is 17.1 Å². The summed E-state index contributed by atoms with van der Waals surface area (Å²) in [4.78, 5) is 2.59. The van der Waals surface area contributed by atoms with E-state index in [1.54, 1.807) is 0 Å². The van der Waals surface area contributed by atoms with Crippen molar-refractivity contribution in [2.45, 2.75) is 17.8 Å².